The van der Waals surface area contributed by atoms with Gasteiger partial charge in [-0.25, -0.2) is 28.4 Å². The van der Waals surface area contributed by atoms with Crippen LogP contribution in [0.2, 0.25) is 0 Å². The summed E-state index contributed by atoms with van der Waals surface area (Å²) in [5.41, 5.74) is 6.16. The van der Waals surface area contributed by atoms with E-state index in [1.54, 1.807) is 22.6 Å². The number of aliphatic hydroxyl groups excluding tert-OH is 2. The molecule has 1 aliphatic heterocycles. The molecule has 1 saturated heterocycles. The van der Waals surface area contributed by atoms with Gasteiger partial charge in [-0.2, -0.15) is 4.31 Å². The monoisotopic (exact) mass is 649 g/mol. The van der Waals surface area contributed by atoms with E-state index in [1.165, 1.54) is 10.9 Å². The van der Waals surface area contributed by atoms with E-state index in [9.17, 15) is 29.1 Å². The fraction of sp³-hybridized carbons (Fsp3) is 0.500. The van der Waals surface area contributed by atoms with Crippen LogP contribution in [-0.4, -0.2) is 74.2 Å². The van der Waals surface area contributed by atoms with Crippen LogP contribution in [0, 0.1) is 3.83 Å². The number of rotatable bonds is 8. The van der Waals surface area contributed by atoms with Crippen molar-refractivity contribution < 1.29 is 56.8 Å². The summed E-state index contributed by atoms with van der Waals surface area (Å²) in [7, 11) is -10.8. The van der Waals surface area contributed by atoms with Gasteiger partial charge in [0.15, 0.2) is 21.5 Å². The Morgan fingerprint density at radius 2 is 1.81 bits per heavy atom. The van der Waals surface area contributed by atoms with E-state index in [0.29, 0.717) is 0 Å². The quantitative estimate of drug-likeness (QED) is 0.104. The molecule has 0 aromatic carbocycles. The molecule has 0 bridgehead atoms. The highest BCUT2D eigenvalue weighted by Gasteiger charge is 2.46. The third kappa shape index (κ3) is 6.26. The van der Waals surface area contributed by atoms with Gasteiger partial charge in [-0.1, -0.05) is 0 Å². The minimum atomic E-state index is -5.50. The van der Waals surface area contributed by atoms with Crippen LogP contribution in [0.25, 0.3) is 11.2 Å². The number of aromatic nitrogens is 4. The molecule has 32 heavy (non-hydrogen) atoms. The lowest BCUT2D eigenvalue weighted by atomic mass is 10.1. The van der Waals surface area contributed by atoms with Crippen molar-refractivity contribution in [2.45, 2.75) is 24.5 Å². The van der Waals surface area contributed by atoms with Crippen molar-refractivity contribution in [3.63, 3.8) is 0 Å². The van der Waals surface area contributed by atoms with E-state index in [0.717, 1.165) is 0 Å². The Hall–Kier alpha value is -0.210. The van der Waals surface area contributed by atoms with E-state index in [2.05, 4.69) is 39.9 Å². The van der Waals surface area contributed by atoms with Crippen LogP contribution in [-0.2, 0) is 38.8 Å². The van der Waals surface area contributed by atoms with E-state index in [4.69, 9.17) is 20.3 Å². The van der Waals surface area contributed by atoms with Crippen molar-refractivity contribution in [3.8, 4) is 0 Å². The van der Waals surface area contributed by atoms with Crippen LogP contribution < -0.4 is 5.73 Å². The van der Waals surface area contributed by atoms with Crippen LogP contribution in [0.4, 0.5) is 5.82 Å². The first kappa shape index (κ1) is 26.4. The topological polar surface area (TPSA) is 262 Å². The van der Waals surface area contributed by atoms with E-state index < -0.39 is 53.5 Å². The lowest BCUT2D eigenvalue weighted by Crippen LogP contribution is -2.33. The standard InChI is InChI=1S/C10H15IN5O12P3S/c11-10-14-7(12)4-8(15-10)16(2-13-4)9-6(18)5(17)3(26-9)1-25-29(19,20)27-30(21,22)28-31(23,24)32/h2-3,5-6,9,17-18H,1H2,(H,19,20)(H,21,22)(H2,12,14,15)(H2,23,24,32)/t3-,5-,6-,9-/m1/s1. The first-order valence-corrected chi connectivity index (χ1v) is 14.7. The maximum Gasteiger partial charge on any atom is 0.488 e. The number of ether oxygens (including phenoxy) is 1. The van der Waals surface area contributed by atoms with E-state index >= 15 is 0 Å². The van der Waals surface area contributed by atoms with Crippen LogP contribution in [0.15, 0.2) is 6.33 Å². The van der Waals surface area contributed by atoms with Crippen LogP contribution in [0.5, 0.6) is 0 Å². The molecule has 2 unspecified atom stereocenters. The zero-order valence-corrected chi connectivity index (χ0v) is 20.9. The number of hydrogen-bond donors (Lipinski definition) is 7. The number of aliphatic hydroxyl groups is 2. The van der Waals surface area contributed by atoms with Gasteiger partial charge in [0.1, 0.15) is 23.8 Å². The lowest BCUT2D eigenvalue weighted by Gasteiger charge is -2.19. The summed E-state index contributed by atoms with van der Waals surface area (Å²) in [6.07, 6.45) is -4.68. The number of nitrogen functional groups attached to an aromatic ring is 1. The van der Waals surface area contributed by atoms with Crippen LogP contribution >= 0.6 is 45.0 Å². The van der Waals surface area contributed by atoms with Gasteiger partial charge in [0.25, 0.3) is 0 Å². The average Bonchev–Trinajstić information content (AvgIpc) is 3.12. The van der Waals surface area contributed by atoms with Gasteiger partial charge in [-0.15, -0.1) is 0 Å². The second-order valence-corrected chi connectivity index (χ2v) is 12.9. The summed E-state index contributed by atoms with van der Waals surface area (Å²) in [4.78, 5) is 48.7. The molecular formula is C10H15IN5O12P3S. The van der Waals surface area contributed by atoms with Gasteiger partial charge in [0, 0.05) is 22.6 Å². The highest BCUT2D eigenvalue weighted by atomic mass is 127. The fourth-order valence-electron chi connectivity index (χ4n) is 2.66. The van der Waals surface area contributed by atoms with Crippen LogP contribution in [0.1, 0.15) is 6.23 Å². The zero-order chi connectivity index (χ0) is 24.1. The number of halogens is 1. The molecule has 0 aliphatic carbocycles. The van der Waals surface area contributed by atoms with Gasteiger partial charge < -0.3 is 40.3 Å². The smallest absolute Gasteiger partial charge is 0.387 e. The summed E-state index contributed by atoms with van der Waals surface area (Å²) < 4.78 is 42.6. The molecule has 1 aliphatic rings. The molecule has 3 heterocycles. The highest BCUT2D eigenvalue weighted by molar-refractivity contribution is 14.1. The molecule has 2 aromatic heterocycles. The number of phosphoric ester groups is 1. The molecule has 0 spiro atoms. The largest absolute Gasteiger partial charge is 0.488 e. The number of anilines is 1. The summed E-state index contributed by atoms with van der Waals surface area (Å²) in [6.45, 7) is -5.62. The molecule has 0 radical (unpaired) electrons. The molecule has 2 aromatic rings. The Balaban J connectivity index is 1.72. The first-order valence-electron chi connectivity index (χ1n) is 8.04. The normalized spacial score (nSPS) is 28.0. The summed E-state index contributed by atoms with van der Waals surface area (Å²) in [5, 5.41) is 20.6. The molecule has 17 nitrogen and oxygen atoms in total. The fourth-order valence-corrected chi connectivity index (χ4v) is 6.94. The lowest BCUT2D eigenvalue weighted by molar-refractivity contribution is -0.0503. The number of fused-ring (bicyclic) bond motifs is 1. The third-order valence-electron chi connectivity index (χ3n) is 3.85. The molecule has 0 saturated carbocycles. The minimum absolute atomic E-state index is 0.0661. The van der Waals surface area contributed by atoms with E-state index in [1.807, 2.05) is 0 Å². The minimum Gasteiger partial charge on any atom is -0.387 e. The van der Waals surface area contributed by atoms with Gasteiger partial charge in [0.05, 0.1) is 12.9 Å². The Morgan fingerprint density at radius 3 is 2.44 bits per heavy atom. The second-order valence-electron chi connectivity index (χ2n) is 6.13. The predicted octanol–water partition coefficient (Wildman–Crippen LogP) is -0.908. The Labute approximate surface area is 196 Å². The van der Waals surface area contributed by atoms with Crippen LogP contribution in [0.3, 0.4) is 0 Å². The summed E-state index contributed by atoms with van der Waals surface area (Å²) >= 11 is 5.78. The number of phosphoric acid groups is 2. The van der Waals surface area contributed by atoms with Crippen molar-refractivity contribution in [1.82, 2.24) is 19.5 Å². The van der Waals surface area contributed by atoms with Gasteiger partial charge in [-0.3, -0.25) is 9.09 Å². The third-order valence-corrected chi connectivity index (χ3v) is 8.74. The molecule has 3 rings (SSSR count). The molecule has 8 N–H and O–H groups in total. The number of nitrogens with zero attached hydrogens (tertiary/aromatic N) is 4. The Bertz CT molecular complexity index is 1160. The first-order chi connectivity index (χ1) is 14.6. The van der Waals surface area contributed by atoms with Crippen molar-refractivity contribution in [3.05, 3.63) is 10.2 Å². The second kappa shape index (κ2) is 9.44. The molecule has 180 valence electrons. The Kier molecular flexibility index (Phi) is 7.79. The molecule has 22 heteroatoms. The van der Waals surface area contributed by atoms with Crippen molar-refractivity contribution in [2.24, 2.45) is 0 Å². The number of imidazole rings is 1. The van der Waals surface area contributed by atoms with Gasteiger partial charge in [-0.05, 0) is 11.8 Å². The van der Waals surface area contributed by atoms with E-state index in [-0.39, 0.29) is 20.8 Å². The van der Waals surface area contributed by atoms with Crippen molar-refractivity contribution in [1.29, 1.82) is 0 Å². The number of nitrogens with two attached hydrogens (primary N) is 1. The predicted molar refractivity (Wildman–Crippen MR) is 115 cm³/mol. The summed E-state index contributed by atoms with van der Waals surface area (Å²) in [5.74, 6) is 0.0661. The molecule has 6 atom stereocenters. The molecule has 0 amide bonds. The maximum atomic E-state index is 11.9. The molecular weight excluding hydrogens is 634 g/mol. The van der Waals surface area contributed by atoms with Crippen molar-refractivity contribution in [2.75, 3.05) is 12.3 Å². The van der Waals surface area contributed by atoms with Gasteiger partial charge in [0.2, 0.25) is 0 Å². The van der Waals surface area contributed by atoms with Crippen molar-refractivity contribution >= 4 is 73.7 Å². The SMILES string of the molecule is Nc1nc(I)nc2c1ncn2[C@@H]1O[C@H](COP(=O)(O)OP(=O)(O)OP(O)(O)=S)[C@@H](O)[C@H]1O. The molecule has 1 fully saturated rings. The maximum absolute atomic E-state index is 11.9. The highest BCUT2D eigenvalue weighted by Crippen LogP contribution is 2.66. The Morgan fingerprint density at radius 1 is 1.16 bits per heavy atom. The summed E-state index contributed by atoms with van der Waals surface area (Å²) in [6, 6.07) is 0. The van der Waals surface area contributed by atoms with Gasteiger partial charge >= 0.3 is 22.4 Å². The average molecular weight is 649 g/mol. The zero-order valence-electron chi connectivity index (χ0n) is 15.2. The number of hydrogen-bond acceptors (Lipinski definition) is 13.